The molecule has 0 heterocycles. The molecule has 1 atom stereocenters. The number of methoxy groups -OCH3 is 1. The Bertz CT molecular complexity index is 355. The van der Waals surface area contributed by atoms with Crippen molar-refractivity contribution in [2.75, 3.05) is 13.7 Å². The first kappa shape index (κ1) is 13.5. The molecule has 0 aliphatic carbocycles. The molecule has 1 rings (SSSR count). The van der Waals surface area contributed by atoms with E-state index in [1.165, 1.54) is 0 Å². The Hall–Kier alpha value is -0.580. The second kappa shape index (κ2) is 6.23. The first-order valence-corrected chi connectivity index (χ1v) is 6.02. The van der Waals surface area contributed by atoms with Crippen LogP contribution in [-0.2, 0) is 11.3 Å². The average molecular weight is 288 g/mol. The van der Waals surface area contributed by atoms with Gasteiger partial charge in [0.2, 0.25) is 0 Å². The lowest BCUT2D eigenvalue weighted by Crippen LogP contribution is -2.17. The topological polar surface area (TPSA) is 44.5 Å². The molecular formula is C12H18BrNO2. The summed E-state index contributed by atoms with van der Waals surface area (Å²) in [5.74, 6) is 0.870. The molecule has 90 valence electrons. The minimum absolute atomic E-state index is 0.0775. The first-order chi connectivity index (χ1) is 7.58. The van der Waals surface area contributed by atoms with Gasteiger partial charge in [-0.05, 0) is 31.5 Å². The van der Waals surface area contributed by atoms with Crippen LogP contribution >= 0.6 is 15.9 Å². The second-order valence-corrected chi connectivity index (χ2v) is 4.69. The van der Waals surface area contributed by atoms with E-state index in [1.807, 2.05) is 26.0 Å². The third kappa shape index (κ3) is 3.47. The van der Waals surface area contributed by atoms with E-state index in [9.17, 15) is 0 Å². The monoisotopic (exact) mass is 287 g/mol. The Kier molecular flexibility index (Phi) is 5.25. The van der Waals surface area contributed by atoms with Crippen molar-refractivity contribution in [2.24, 2.45) is 5.73 Å². The van der Waals surface area contributed by atoms with Gasteiger partial charge in [0.05, 0.1) is 6.10 Å². The van der Waals surface area contributed by atoms with E-state index >= 15 is 0 Å². The van der Waals surface area contributed by atoms with Gasteiger partial charge in [-0.3, -0.25) is 0 Å². The highest BCUT2D eigenvalue weighted by molar-refractivity contribution is 9.10. The molecule has 0 aromatic heterocycles. The number of benzene rings is 1. The molecule has 0 radical (unpaired) electrons. The van der Waals surface area contributed by atoms with Gasteiger partial charge in [-0.2, -0.15) is 0 Å². The fourth-order valence-corrected chi connectivity index (χ4v) is 2.05. The van der Waals surface area contributed by atoms with Crippen LogP contribution < -0.4 is 10.5 Å². The normalized spacial score (nSPS) is 12.6. The van der Waals surface area contributed by atoms with Crippen LogP contribution in [-0.4, -0.2) is 19.8 Å². The van der Waals surface area contributed by atoms with Crippen LogP contribution in [0.2, 0.25) is 0 Å². The van der Waals surface area contributed by atoms with Crippen LogP contribution in [0.5, 0.6) is 5.75 Å². The maximum atomic E-state index is 5.74. The highest BCUT2D eigenvalue weighted by Crippen LogP contribution is 2.27. The van der Waals surface area contributed by atoms with Gasteiger partial charge in [0.15, 0.2) is 0 Å². The number of halogens is 1. The van der Waals surface area contributed by atoms with Gasteiger partial charge in [-0.1, -0.05) is 15.9 Å². The summed E-state index contributed by atoms with van der Waals surface area (Å²) < 4.78 is 11.9. The van der Waals surface area contributed by atoms with Crippen LogP contribution in [0.3, 0.4) is 0 Å². The van der Waals surface area contributed by atoms with Crippen LogP contribution in [0.15, 0.2) is 16.6 Å². The zero-order valence-corrected chi connectivity index (χ0v) is 11.5. The summed E-state index contributed by atoms with van der Waals surface area (Å²) in [5.41, 5.74) is 7.79. The lowest BCUT2D eigenvalue weighted by atomic mass is 10.1. The minimum atomic E-state index is 0.0775. The van der Waals surface area contributed by atoms with Crippen LogP contribution in [0.4, 0.5) is 0 Å². The molecule has 0 aliphatic heterocycles. The maximum absolute atomic E-state index is 5.74. The summed E-state index contributed by atoms with van der Waals surface area (Å²) in [5, 5.41) is 0. The van der Waals surface area contributed by atoms with Gasteiger partial charge in [0.1, 0.15) is 12.4 Å². The van der Waals surface area contributed by atoms with Crippen molar-refractivity contribution >= 4 is 15.9 Å². The van der Waals surface area contributed by atoms with Crippen molar-refractivity contribution < 1.29 is 9.47 Å². The quantitative estimate of drug-likeness (QED) is 0.906. The molecule has 4 heteroatoms. The third-order valence-corrected chi connectivity index (χ3v) is 2.86. The van der Waals surface area contributed by atoms with E-state index in [-0.39, 0.29) is 6.10 Å². The first-order valence-electron chi connectivity index (χ1n) is 5.23. The summed E-state index contributed by atoms with van der Waals surface area (Å²) in [6, 6.07) is 4.01. The van der Waals surface area contributed by atoms with Crippen molar-refractivity contribution in [3.05, 3.63) is 27.7 Å². The molecule has 0 amide bonds. The fourth-order valence-electron chi connectivity index (χ4n) is 1.43. The molecule has 3 nitrogen and oxygen atoms in total. The predicted molar refractivity (Wildman–Crippen MR) is 68.7 cm³/mol. The number of hydrogen-bond donors (Lipinski definition) is 1. The number of hydrogen-bond acceptors (Lipinski definition) is 3. The van der Waals surface area contributed by atoms with Crippen LogP contribution in [0, 0.1) is 6.92 Å². The molecule has 1 aromatic rings. The van der Waals surface area contributed by atoms with Gasteiger partial charge in [-0.15, -0.1) is 0 Å². The van der Waals surface area contributed by atoms with Crippen molar-refractivity contribution in [3.8, 4) is 5.75 Å². The maximum Gasteiger partial charge on any atom is 0.126 e. The van der Waals surface area contributed by atoms with Crippen LogP contribution in [0.1, 0.15) is 18.1 Å². The van der Waals surface area contributed by atoms with E-state index in [4.69, 9.17) is 15.2 Å². The zero-order chi connectivity index (χ0) is 12.1. The molecule has 0 saturated carbocycles. The third-order valence-electron chi connectivity index (χ3n) is 2.40. The lowest BCUT2D eigenvalue weighted by molar-refractivity contribution is 0.0710. The molecule has 0 aliphatic rings. The predicted octanol–water partition coefficient (Wildman–Crippen LogP) is 2.63. The second-order valence-electron chi connectivity index (χ2n) is 3.77. The zero-order valence-electron chi connectivity index (χ0n) is 9.92. The van der Waals surface area contributed by atoms with Crippen molar-refractivity contribution in [1.82, 2.24) is 0 Å². The molecule has 0 bridgehead atoms. The summed E-state index contributed by atoms with van der Waals surface area (Å²) in [7, 11) is 1.67. The SMILES string of the molecule is COC(C)COc1c(C)cc(Br)cc1CN. The summed E-state index contributed by atoms with van der Waals surface area (Å²) in [6.45, 7) is 4.98. The lowest BCUT2D eigenvalue weighted by Gasteiger charge is -2.16. The Labute approximate surface area is 105 Å². The molecule has 1 aromatic carbocycles. The largest absolute Gasteiger partial charge is 0.490 e. The smallest absolute Gasteiger partial charge is 0.126 e. The Morgan fingerprint density at radius 1 is 1.44 bits per heavy atom. The molecule has 1 unspecified atom stereocenters. The molecule has 0 fully saturated rings. The highest BCUT2D eigenvalue weighted by atomic mass is 79.9. The van der Waals surface area contributed by atoms with E-state index in [0.29, 0.717) is 13.2 Å². The van der Waals surface area contributed by atoms with Crippen molar-refractivity contribution in [2.45, 2.75) is 26.5 Å². The highest BCUT2D eigenvalue weighted by Gasteiger charge is 2.09. The minimum Gasteiger partial charge on any atom is -0.490 e. The van der Waals surface area contributed by atoms with Crippen molar-refractivity contribution in [1.29, 1.82) is 0 Å². The van der Waals surface area contributed by atoms with E-state index in [0.717, 1.165) is 21.3 Å². The standard InChI is InChI=1S/C12H18BrNO2/c1-8-4-11(13)5-10(6-14)12(8)16-7-9(2)15-3/h4-5,9H,6-7,14H2,1-3H3. The van der Waals surface area contributed by atoms with E-state index in [1.54, 1.807) is 7.11 Å². The molecule has 2 N–H and O–H groups in total. The van der Waals surface area contributed by atoms with Gasteiger partial charge in [0.25, 0.3) is 0 Å². The van der Waals surface area contributed by atoms with E-state index in [2.05, 4.69) is 15.9 Å². The Balaban J connectivity index is 2.85. The molecular weight excluding hydrogens is 270 g/mol. The number of aryl methyl sites for hydroxylation is 1. The van der Waals surface area contributed by atoms with Gasteiger partial charge >= 0.3 is 0 Å². The molecule has 0 saturated heterocycles. The summed E-state index contributed by atoms with van der Waals surface area (Å²) in [4.78, 5) is 0. The molecule has 16 heavy (non-hydrogen) atoms. The average Bonchev–Trinajstić information content (AvgIpc) is 2.26. The van der Waals surface area contributed by atoms with Gasteiger partial charge in [0, 0.05) is 23.7 Å². The summed E-state index contributed by atoms with van der Waals surface area (Å²) in [6.07, 6.45) is 0.0775. The Morgan fingerprint density at radius 2 is 2.12 bits per heavy atom. The Morgan fingerprint density at radius 3 is 2.69 bits per heavy atom. The fraction of sp³-hybridized carbons (Fsp3) is 0.500. The van der Waals surface area contributed by atoms with E-state index < -0.39 is 0 Å². The van der Waals surface area contributed by atoms with Gasteiger partial charge < -0.3 is 15.2 Å². The van der Waals surface area contributed by atoms with Crippen molar-refractivity contribution in [3.63, 3.8) is 0 Å². The van der Waals surface area contributed by atoms with Gasteiger partial charge in [-0.25, -0.2) is 0 Å². The number of rotatable bonds is 5. The summed E-state index contributed by atoms with van der Waals surface area (Å²) >= 11 is 3.45. The van der Waals surface area contributed by atoms with Crippen LogP contribution in [0.25, 0.3) is 0 Å². The number of ether oxygens (including phenoxy) is 2. The number of nitrogens with two attached hydrogens (primary N) is 1. The molecule has 0 spiro atoms.